The number of nitrogens with one attached hydrogen (secondary N) is 1. The van der Waals surface area contributed by atoms with Crippen LogP contribution in [0.4, 0.5) is 29.9 Å². The largest absolute Gasteiger partial charge is 0.444 e. The number of hydrogen-bond donors (Lipinski definition) is 1. The average Bonchev–Trinajstić information content (AvgIpc) is 3.55. The van der Waals surface area contributed by atoms with E-state index in [1.165, 1.54) is 18.5 Å². The smallest absolute Gasteiger partial charge is 0.407 e. The summed E-state index contributed by atoms with van der Waals surface area (Å²) in [5.41, 5.74) is 1.04. The zero-order valence-electron chi connectivity index (χ0n) is 27.8. The first-order chi connectivity index (χ1) is 22.7. The normalized spacial score (nSPS) is 20.6. The number of amides is 2. The quantitative estimate of drug-likeness (QED) is 0.342. The molecule has 2 atom stereocenters. The van der Waals surface area contributed by atoms with Crippen LogP contribution in [0, 0.1) is 12.7 Å². The van der Waals surface area contributed by atoms with Crippen LogP contribution in [-0.2, 0) is 10.7 Å². The van der Waals surface area contributed by atoms with Crippen molar-refractivity contribution in [2.45, 2.75) is 95.9 Å². The van der Waals surface area contributed by atoms with Gasteiger partial charge in [0.25, 0.3) is 5.91 Å². The van der Waals surface area contributed by atoms with Gasteiger partial charge in [-0.2, -0.15) is 13.8 Å². The van der Waals surface area contributed by atoms with Gasteiger partial charge in [0.05, 0.1) is 11.6 Å². The fourth-order valence-corrected chi connectivity index (χ4v) is 6.42. The number of carbonyl (C=O) groups is 2. The van der Waals surface area contributed by atoms with E-state index in [0.717, 1.165) is 25.3 Å². The van der Waals surface area contributed by atoms with E-state index in [9.17, 15) is 18.4 Å². The van der Waals surface area contributed by atoms with Crippen molar-refractivity contribution in [3.8, 4) is 0 Å². The van der Waals surface area contributed by atoms with Gasteiger partial charge in [-0.05, 0) is 65.0 Å². The minimum atomic E-state index is -3.19. The predicted octanol–water partition coefficient (Wildman–Crippen LogP) is 5.19. The Morgan fingerprint density at radius 3 is 2.27 bits per heavy atom. The lowest BCUT2D eigenvalue weighted by Crippen LogP contribution is -2.48. The molecule has 48 heavy (non-hydrogen) atoms. The number of benzene rings is 1. The van der Waals surface area contributed by atoms with Crippen molar-refractivity contribution in [1.82, 2.24) is 30.3 Å². The fourth-order valence-electron chi connectivity index (χ4n) is 6.42. The molecule has 1 saturated carbocycles. The van der Waals surface area contributed by atoms with Crippen molar-refractivity contribution in [3.63, 3.8) is 0 Å². The highest BCUT2D eigenvalue weighted by atomic mass is 19.3. The third kappa shape index (κ3) is 7.49. The SMILES string of the molecule is Cc1ccc(F)c([C@H]2CN(c3ncc(C(=O)N(C4CC4)C4CCN(c5nc(C(C)(F)F)no5)CC4)cn3)CC2NC(=O)OC(C)(C)C)c1. The standard InChI is InChI=1S/C33H41F3N8O4/c1-19-6-9-25(34)23(14-19)24-17-43(18-26(24)39-31(46)47-32(2,3)4)29-37-15-20(16-38-29)27(45)44(21-7-8-21)22-10-12-42(13-11-22)30-40-28(41-48-30)33(5,35)36/h6,9,14-16,21-22,24,26H,7-8,10-13,17-18H2,1-5H3,(H,39,46)/t24-,26?/m1/s1. The van der Waals surface area contributed by atoms with E-state index < -0.39 is 35.4 Å². The van der Waals surface area contributed by atoms with E-state index in [1.54, 1.807) is 37.8 Å². The summed E-state index contributed by atoms with van der Waals surface area (Å²) in [6.07, 6.45) is 5.45. The molecule has 1 N–H and O–H groups in total. The summed E-state index contributed by atoms with van der Waals surface area (Å²) in [6.45, 7) is 9.55. The lowest BCUT2D eigenvalue weighted by molar-refractivity contribution is 0.00557. The van der Waals surface area contributed by atoms with E-state index in [-0.39, 0.29) is 29.8 Å². The van der Waals surface area contributed by atoms with Crippen LogP contribution in [0.1, 0.15) is 86.6 Å². The highest BCUT2D eigenvalue weighted by molar-refractivity contribution is 5.94. The monoisotopic (exact) mass is 670 g/mol. The van der Waals surface area contributed by atoms with Gasteiger partial charge in [-0.15, -0.1) is 0 Å². The molecule has 3 fully saturated rings. The minimum absolute atomic E-state index is 0.0519. The molecule has 3 aromatic rings. The Labute approximate surface area is 277 Å². The molecule has 1 aromatic carbocycles. The second-order valence-corrected chi connectivity index (χ2v) is 14.0. The number of alkyl carbamates (subject to hydrolysis) is 1. The lowest BCUT2D eigenvalue weighted by Gasteiger charge is -2.38. The third-order valence-corrected chi connectivity index (χ3v) is 8.85. The van der Waals surface area contributed by atoms with Crippen molar-refractivity contribution < 1.29 is 32.0 Å². The molecule has 2 aromatic heterocycles. The minimum Gasteiger partial charge on any atom is -0.444 e. The second kappa shape index (κ2) is 12.9. The van der Waals surface area contributed by atoms with Gasteiger partial charge in [0.1, 0.15) is 11.4 Å². The number of rotatable bonds is 8. The van der Waals surface area contributed by atoms with Gasteiger partial charge in [0, 0.05) is 63.5 Å². The Bertz CT molecular complexity index is 1630. The number of aryl methyl sites for hydroxylation is 1. The number of carbonyl (C=O) groups excluding carboxylic acids is 2. The van der Waals surface area contributed by atoms with E-state index >= 15 is 4.39 Å². The Morgan fingerprint density at radius 1 is 1.00 bits per heavy atom. The Balaban J connectivity index is 1.14. The molecule has 4 heterocycles. The molecule has 258 valence electrons. The molecule has 12 nitrogen and oxygen atoms in total. The maximum atomic E-state index is 15.0. The van der Waals surface area contributed by atoms with Gasteiger partial charge in [-0.25, -0.2) is 19.2 Å². The molecule has 2 aliphatic heterocycles. The lowest BCUT2D eigenvalue weighted by atomic mass is 9.92. The molecule has 2 amide bonds. The van der Waals surface area contributed by atoms with Crippen LogP contribution in [-0.4, -0.2) is 86.9 Å². The summed E-state index contributed by atoms with van der Waals surface area (Å²) >= 11 is 0. The number of hydrogen-bond acceptors (Lipinski definition) is 10. The highest BCUT2D eigenvalue weighted by Gasteiger charge is 2.41. The first-order valence-electron chi connectivity index (χ1n) is 16.3. The Kier molecular flexibility index (Phi) is 8.98. The highest BCUT2D eigenvalue weighted by Crippen LogP contribution is 2.35. The molecule has 1 aliphatic carbocycles. The summed E-state index contributed by atoms with van der Waals surface area (Å²) in [4.78, 5) is 45.0. The predicted molar refractivity (Wildman–Crippen MR) is 170 cm³/mol. The fraction of sp³-hybridized carbons (Fsp3) is 0.576. The molecule has 0 radical (unpaired) electrons. The first-order valence-corrected chi connectivity index (χ1v) is 16.3. The van der Waals surface area contributed by atoms with Crippen molar-refractivity contribution in [1.29, 1.82) is 0 Å². The van der Waals surface area contributed by atoms with Gasteiger partial charge in [-0.1, -0.05) is 22.9 Å². The average molecular weight is 671 g/mol. The van der Waals surface area contributed by atoms with Crippen LogP contribution in [0.3, 0.4) is 0 Å². The van der Waals surface area contributed by atoms with E-state index in [2.05, 4.69) is 25.4 Å². The molecule has 15 heteroatoms. The number of halogens is 3. The van der Waals surface area contributed by atoms with Crippen LogP contribution < -0.4 is 15.1 Å². The van der Waals surface area contributed by atoms with Crippen LogP contribution in [0.25, 0.3) is 0 Å². The number of nitrogens with zero attached hydrogens (tertiary/aromatic N) is 7. The zero-order chi connectivity index (χ0) is 34.4. The van der Waals surface area contributed by atoms with Gasteiger partial charge in [0.2, 0.25) is 11.8 Å². The van der Waals surface area contributed by atoms with Crippen LogP contribution >= 0.6 is 0 Å². The summed E-state index contributed by atoms with van der Waals surface area (Å²) in [6, 6.07) is 4.55. The van der Waals surface area contributed by atoms with Crippen molar-refractivity contribution >= 4 is 24.0 Å². The maximum Gasteiger partial charge on any atom is 0.407 e. The summed E-state index contributed by atoms with van der Waals surface area (Å²) in [5.74, 6) is -4.41. The zero-order valence-corrected chi connectivity index (χ0v) is 27.8. The molecule has 3 aliphatic rings. The number of anilines is 2. The van der Waals surface area contributed by atoms with Crippen LogP contribution in [0.2, 0.25) is 0 Å². The van der Waals surface area contributed by atoms with Crippen molar-refractivity contribution in [2.24, 2.45) is 0 Å². The summed E-state index contributed by atoms with van der Waals surface area (Å²) in [5, 5.41) is 6.33. The molecule has 6 rings (SSSR count). The van der Waals surface area contributed by atoms with Crippen molar-refractivity contribution in [2.75, 3.05) is 36.0 Å². The van der Waals surface area contributed by atoms with Crippen LogP contribution in [0.15, 0.2) is 35.1 Å². The van der Waals surface area contributed by atoms with E-state index in [0.29, 0.717) is 56.1 Å². The molecule has 0 spiro atoms. The third-order valence-electron chi connectivity index (χ3n) is 8.85. The maximum absolute atomic E-state index is 15.0. The number of ether oxygens (including phenoxy) is 1. The summed E-state index contributed by atoms with van der Waals surface area (Å²) in [7, 11) is 0. The number of aromatic nitrogens is 4. The molecule has 0 bridgehead atoms. The van der Waals surface area contributed by atoms with Gasteiger partial charge in [-0.3, -0.25) is 4.79 Å². The first kappa shape index (κ1) is 33.5. The molecule has 1 unspecified atom stereocenters. The molecular formula is C33H41F3N8O4. The van der Waals surface area contributed by atoms with Gasteiger partial charge < -0.3 is 29.3 Å². The summed E-state index contributed by atoms with van der Waals surface area (Å²) < 4.78 is 52.8. The van der Waals surface area contributed by atoms with Crippen molar-refractivity contribution in [3.05, 3.63) is 58.9 Å². The van der Waals surface area contributed by atoms with Crippen LogP contribution in [0.5, 0.6) is 0 Å². The van der Waals surface area contributed by atoms with E-state index in [1.807, 2.05) is 16.7 Å². The molecule has 2 saturated heterocycles. The topological polar surface area (TPSA) is 130 Å². The Hall–Kier alpha value is -4.43. The Morgan fingerprint density at radius 2 is 1.67 bits per heavy atom. The van der Waals surface area contributed by atoms with Gasteiger partial charge in [0.15, 0.2) is 0 Å². The number of alkyl halides is 2. The van der Waals surface area contributed by atoms with E-state index in [4.69, 9.17) is 9.26 Å². The van der Waals surface area contributed by atoms with Gasteiger partial charge >= 0.3 is 18.0 Å². The second-order valence-electron chi connectivity index (χ2n) is 14.0. The molecular weight excluding hydrogens is 629 g/mol. The number of piperidine rings is 1.